The SMILES string of the molecule is CO[C@H]1CCN(CC(=O)N2CCc3ccccc32)C[C@@]12CCCO2. The fourth-order valence-electron chi connectivity index (χ4n) is 4.56. The first-order valence-electron chi connectivity index (χ1n) is 8.99. The topological polar surface area (TPSA) is 42.0 Å². The number of benzene rings is 1. The lowest BCUT2D eigenvalue weighted by atomic mass is 9.87. The number of anilines is 1. The minimum atomic E-state index is -0.212. The number of carbonyl (C=O) groups is 1. The van der Waals surface area contributed by atoms with Gasteiger partial charge in [0.15, 0.2) is 0 Å². The molecule has 0 aliphatic carbocycles. The van der Waals surface area contributed by atoms with Crippen LogP contribution in [-0.2, 0) is 20.7 Å². The predicted molar refractivity (Wildman–Crippen MR) is 92.3 cm³/mol. The highest BCUT2D eigenvalue weighted by Gasteiger charge is 2.47. The van der Waals surface area contributed by atoms with Crippen LogP contribution in [0.3, 0.4) is 0 Å². The Morgan fingerprint density at radius 3 is 3.04 bits per heavy atom. The molecule has 0 unspecified atom stereocenters. The number of para-hydroxylation sites is 1. The van der Waals surface area contributed by atoms with Gasteiger partial charge in [-0.15, -0.1) is 0 Å². The second-order valence-corrected chi connectivity index (χ2v) is 7.16. The fourth-order valence-corrected chi connectivity index (χ4v) is 4.56. The average Bonchev–Trinajstić information content (AvgIpc) is 3.22. The van der Waals surface area contributed by atoms with Crippen molar-refractivity contribution in [1.29, 1.82) is 0 Å². The first kappa shape index (κ1) is 16.1. The summed E-state index contributed by atoms with van der Waals surface area (Å²) in [4.78, 5) is 17.0. The third-order valence-electron chi connectivity index (χ3n) is 5.75. The highest BCUT2D eigenvalue weighted by atomic mass is 16.5. The van der Waals surface area contributed by atoms with E-state index in [9.17, 15) is 4.79 Å². The summed E-state index contributed by atoms with van der Waals surface area (Å²) in [5.41, 5.74) is 2.15. The van der Waals surface area contributed by atoms with Crippen LogP contribution >= 0.6 is 0 Å². The summed E-state index contributed by atoms with van der Waals surface area (Å²) in [6.07, 6.45) is 4.16. The van der Waals surface area contributed by atoms with E-state index in [0.29, 0.717) is 6.54 Å². The van der Waals surface area contributed by atoms with Crippen LogP contribution in [0.25, 0.3) is 0 Å². The van der Waals surface area contributed by atoms with Crippen LogP contribution in [0.15, 0.2) is 24.3 Å². The van der Waals surface area contributed by atoms with Crippen LogP contribution in [-0.4, -0.2) is 62.4 Å². The Hall–Kier alpha value is -1.43. The van der Waals surface area contributed by atoms with Gasteiger partial charge in [-0.05, 0) is 37.3 Å². The Morgan fingerprint density at radius 1 is 1.38 bits per heavy atom. The lowest BCUT2D eigenvalue weighted by molar-refractivity contribution is -0.147. The van der Waals surface area contributed by atoms with Gasteiger partial charge in [0.05, 0.1) is 12.6 Å². The van der Waals surface area contributed by atoms with E-state index in [2.05, 4.69) is 17.0 Å². The molecule has 3 heterocycles. The molecule has 1 aromatic rings. The Labute approximate surface area is 143 Å². The maximum atomic E-state index is 12.8. The van der Waals surface area contributed by atoms with E-state index in [1.165, 1.54) is 5.56 Å². The Bertz CT molecular complexity index is 612. The third-order valence-corrected chi connectivity index (χ3v) is 5.75. The summed E-state index contributed by atoms with van der Waals surface area (Å²) < 4.78 is 11.8. The van der Waals surface area contributed by atoms with Crippen molar-refractivity contribution in [3.8, 4) is 0 Å². The Morgan fingerprint density at radius 2 is 2.25 bits per heavy atom. The normalized spacial score (nSPS) is 30.0. The van der Waals surface area contributed by atoms with Crippen molar-refractivity contribution >= 4 is 11.6 Å². The maximum Gasteiger partial charge on any atom is 0.241 e. The number of hydrogen-bond donors (Lipinski definition) is 0. The zero-order valence-electron chi connectivity index (χ0n) is 14.4. The standard InChI is InChI=1S/C19H26N2O3/c1-23-17-8-10-20(14-19(17)9-4-12-24-19)13-18(22)21-11-7-15-5-2-3-6-16(15)21/h2-3,5-6,17H,4,7-14H2,1H3/t17-,19-/m0/s1. The summed E-state index contributed by atoms with van der Waals surface area (Å²) in [7, 11) is 1.77. The summed E-state index contributed by atoms with van der Waals surface area (Å²) in [5, 5.41) is 0. The molecule has 0 saturated carbocycles. The molecule has 3 aliphatic rings. The molecule has 130 valence electrons. The van der Waals surface area contributed by atoms with Crippen LogP contribution in [0, 0.1) is 0 Å². The van der Waals surface area contributed by atoms with E-state index in [0.717, 1.165) is 57.6 Å². The number of rotatable bonds is 3. The summed E-state index contributed by atoms with van der Waals surface area (Å²) in [6, 6.07) is 8.23. The van der Waals surface area contributed by atoms with Crippen molar-refractivity contribution in [3.05, 3.63) is 29.8 Å². The van der Waals surface area contributed by atoms with Gasteiger partial charge >= 0.3 is 0 Å². The van der Waals surface area contributed by atoms with Crippen molar-refractivity contribution in [2.75, 3.05) is 44.8 Å². The van der Waals surface area contributed by atoms with Gasteiger partial charge in [-0.3, -0.25) is 9.69 Å². The van der Waals surface area contributed by atoms with Crippen LogP contribution in [0.5, 0.6) is 0 Å². The largest absolute Gasteiger partial charge is 0.378 e. The quantitative estimate of drug-likeness (QED) is 0.848. The van der Waals surface area contributed by atoms with E-state index in [-0.39, 0.29) is 17.6 Å². The number of fused-ring (bicyclic) bond motifs is 1. The number of piperidine rings is 1. The van der Waals surface area contributed by atoms with E-state index >= 15 is 0 Å². The van der Waals surface area contributed by atoms with Gasteiger partial charge in [-0.2, -0.15) is 0 Å². The number of ether oxygens (including phenoxy) is 2. The van der Waals surface area contributed by atoms with Gasteiger partial charge in [0.25, 0.3) is 0 Å². The molecular formula is C19H26N2O3. The fraction of sp³-hybridized carbons (Fsp3) is 0.632. The maximum absolute atomic E-state index is 12.8. The first-order valence-corrected chi connectivity index (χ1v) is 8.99. The van der Waals surface area contributed by atoms with Gasteiger partial charge in [0.2, 0.25) is 5.91 Å². The average molecular weight is 330 g/mol. The highest BCUT2D eigenvalue weighted by molar-refractivity contribution is 5.96. The summed E-state index contributed by atoms with van der Waals surface area (Å²) in [6.45, 7) is 3.77. The van der Waals surface area contributed by atoms with Crippen molar-refractivity contribution in [2.24, 2.45) is 0 Å². The van der Waals surface area contributed by atoms with Crippen molar-refractivity contribution in [3.63, 3.8) is 0 Å². The third kappa shape index (κ3) is 2.75. The van der Waals surface area contributed by atoms with E-state index < -0.39 is 0 Å². The molecule has 5 nitrogen and oxygen atoms in total. The zero-order chi connectivity index (χ0) is 16.6. The molecule has 1 spiro atoms. The molecule has 1 amide bonds. The smallest absolute Gasteiger partial charge is 0.241 e. The number of hydrogen-bond acceptors (Lipinski definition) is 4. The van der Waals surface area contributed by atoms with Crippen LogP contribution in [0.4, 0.5) is 5.69 Å². The molecule has 0 bridgehead atoms. The van der Waals surface area contributed by atoms with E-state index in [4.69, 9.17) is 9.47 Å². The molecule has 2 fully saturated rings. The minimum absolute atomic E-state index is 0.152. The summed E-state index contributed by atoms with van der Waals surface area (Å²) in [5.74, 6) is 0.198. The zero-order valence-corrected chi connectivity index (χ0v) is 14.4. The number of methoxy groups -OCH3 is 1. The van der Waals surface area contributed by atoms with Crippen LogP contribution in [0.2, 0.25) is 0 Å². The molecular weight excluding hydrogens is 304 g/mol. The van der Waals surface area contributed by atoms with Crippen LogP contribution < -0.4 is 4.90 Å². The molecule has 0 radical (unpaired) electrons. The number of carbonyl (C=O) groups excluding carboxylic acids is 1. The van der Waals surface area contributed by atoms with Crippen molar-refractivity contribution in [1.82, 2.24) is 4.90 Å². The Balaban J connectivity index is 1.43. The van der Waals surface area contributed by atoms with Gasteiger partial charge in [0, 0.05) is 39.0 Å². The summed E-state index contributed by atoms with van der Waals surface area (Å²) >= 11 is 0. The number of likely N-dealkylation sites (tertiary alicyclic amines) is 1. The van der Waals surface area contributed by atoms with E-state index in [1.807, 2.05) is 17.0 Å². The lowest BCUT2D eigenvalue weighted by Gasteiger charge is -2.44. The molecule has 2 atom stereocenters. The second kappa shape index (κ2) is 6.47. The van der Waals surface area contributed by atoms with E-state index in [1.54, 1.807) is 7.11 Å². The van der Waals surface area contributed by atoms with Gasteiger partial charge in [-0.1, -0.05) is 18.2 Å². The molecule has 3 aliphatic heterocycles. The number of nitrogens with zero attached hydrogens (tertiary/aromatic N) is 2. The van der Waals surface area contributed by atoms with Gasteiger partial charge in [0.1, 0.15) is 5.60 Å². The van der Waals surface area contributed by atoms with Gasteiger partial charge in [-0.25, -0.2) is 0 Å². The predicted octanol–water partition coefficient (Wildman–Crippen LogP) is 1.85. The lowest BCUT2D eigenvalue weighted by Crippen LogP contribution is -2.58. The molecule has 5 heteroatoms. The second-order valence-electron chi connectivity index (χ2n) is 7.16. The Kier molecular flexibility index (Phi) is 4.33. The molecule has 1 aromatic carbocycles. The van der Waals surface area contributed by atoms with Crippen LogP contribution in [0.1, 0.15) is 24.8 Å². The van der Waals surface area contributed by atoms with Crippen molar-refractivity contribution < 1.29 is 14.3 Å². The molecule has 2 saturated heterocycles. The highest BCUT2D eigenvalue weighted by Crippen LogP contribution is 2.36. The molecule has 4 rings (SSSR count). The minimum Gasteiger partial charge on any atom is -0.378 e. The molecule has 0 N–H and O–H groups in total. The molecule has 0 aromatic heterocycles. The van der Waals surface area contributed by atoms with Gasteiger partial charge < -0.3 is 14.4 Å². The first-order chi connectivity index (χ1) is 11.7. The molecule has 24 heavy (non-hydrogen) atoms. The van der Waals surface area contributed by atoms with Crippen molar-refractivity contribution in [2.45, 2.75) is 37.4 Å². The monoisotopic (exact) mass is 330 g/mol. The number of amides is 1.